The molecule has 0 saturated heterocycles. The molecule has 0 spiro atoms. The molecular formula is C17H16N2O4. The van der Waals surface area contributed by atoms with Gasteiger partial charge in [-0.1, -0.05) is 6.07 Å². The number of ether oxygens (including phenoxy) is 2. The first-order chi connectivity index (χ1) is 11.2. The molecule has 0 aromatic heterocycles. The van der Waals surface area contributed by atoms with E-state index in [1.54, 1.807) is 42.5 Å². The van der Waals surface area contributed by atoms with E-state index in [1.165, 1.54) is 0 Å². The summed E-state index contributed by atoms with van der Waals surface area (Å²) in [6, 6.07) is 12.1. The highest BCUT2D eigenvalue weighted by Crippen LogP contribution is 2.31. The van der Waals surface area contributed by atoms with Crippen LogP contribution < -0.4 is 20.1 Å². The Morgan fingerprint density at radius 1 is 1.26 bits per heavy atom. The third-order valence-electron chi connectivity index (χ3n) is 3.32. The fraction of sp³-hybridized carbons (Fsp3) is 0.176. The van der Waals surface area contributed by atoms with Gasteiger partial charge in [0.2, 0.25) is 0 Å². The van der Waals surface area contributed by atoms with E-state index in [4.69, 9.17) is 9.47 Å². The summed E-state index contributed by atoms with van der Waals surface area (Å²) in [6.07, 6.45) is 0. The van der Waals surface area contributed by atoms with E-state index in [-0.39, 0.29) is 18.4 Å². The van der Waals surface area contributed by atoms with Crippen LogP contribution in [0.4, 0.5) is 11.4 Å². The molecule has 6 nitrogen and oxygen atoms in total. The van der Waals surface area contributed by atoms with Crippen LogP contribution in [0.3, 0.4) is 0 Å². The zero-order valence-corrected chi connectivity index (χ0v) is 12.6. The molecule has 0 bridgehead atoms. The van der Waals surface area contributed by atoms with Gasteiger partial charge in [-0.2, -0.15) is 0 Å². The molecule has 1 aliphatic heterocycles. The Morgan fingerprint density at radius 3 is 2.78 bits per heavy atom. The summed E-state index contributed by atoms with van der Waals surface area (Å²) in [7, 11) is 0. The molecule has 0 fully saturated rings. The topological polar surface area (TPSA) is 76.7 Å². The van der Waals surface area contributed by atoms with E-state index in [2.05, 4.69) is 10.6 Å². The predicted molar refractivity (Wildman–Crippen MR) is 86.1 cm³/mol. The van der Waals surface area contributed by atoms with E-state index in [0.29, 0.717) is 29.3 Å². The van der Waals surface area contributed by atoms with Gasteiger partial charge in [-0.05, 0) is 43.3 Å². The van der Waals surface area contributed by atoms with Crippen molar-refractivity contribution in [1.82, 2.24) is 0 Å². The smallest absolute Gasteiger partial charge is 0.262 e. The van der Waals surface area contributed by atoms with E-state index < -0.39 is 0 Å². The highest BCUT2D eigenvalue weighted by Gasteiger charge is 2.22. The van der Waals surface area contributed by atoms with Gasteiger partial charge in [0.15, 0.2) is 6.61 Å². The van der Waals surface area contributed by atoms with Gasteiger partial charge in [-0.25, -0.2) is 0 Å². The second-order valence-electron chi connectivity index (χ2n) is 4.93. The molecule has 2 aromatic carbocycles. The van der Waals surface area contributed by atoms with Crippen molar-refractivity contribution in [3.05, 3.63) is 48.0 Å². The Labute approximate surface area is 133 Å². The number of carbonyl (C=O) groups excluding carboxylic acids is 2. The molecule has 3 rings (SSSR count). The van der Waals surface area contributed by atoms with Crippen molar-refractivity contribution >= 4 is 23.2 Å². The summed E-state index contributed by atoms with van der Waals surface area (Å²) >= 11 is 0. The summed E-state index contributed by atoms with van der Waals surface area (Å²) < 4.78 is 10.7. The molecule has 0 radical (unpaired) electrons. The van der Waals surface area contributed by atoms with Crippen LogP contribution in [0.2, 0.25) is 0 Å². The SMILES string of the molecule is CCOc1ccc(NC(=O)c2cccc3c2NC(=O)CO3)cc1. The summed E-state index contributed by atoms with van der Waals surface area (Å²) in [5, 5.41) is 5.47. The van der Waals surface area contributed by atoms with Gasteiger partial charge in [0.1, 0.15) is 11.5 Å². The van der Waals surface area contributed by atoms with Crippen molar-refractivity contribution in [1.29, 1.82) is 0 Å². The number of para-hydroxylation sites is 1. The Morgan fingerprint density at radius 2 is 2.04 bits per heavy atom. The summed E-state index contributed by atoms with van der Waals surface area (Å²) in [5.74, 6) is 0.628. The largest absolute Gasteiger partial charge is 0.494 e. The number of amides is 2. The lowest BCUT2D eigenvalue weighted by Gasteiger charge is -2.20. The quantitative estimate of drug-likeness (QED) is 0.910. The van der Waals surface area contributed by atoms with Crippen LogP contribution >= 0.6 is 0 Å². The maximum Gasteiger partial charge on any atom is 0.262 e. The van der Waals surface area contributed by atoms with Crippen molar-refractivity contribution < 1.29 is 19.1 Å². The summed E-state index contributed by atoms with van der Waals surface area (Å²) in [4.78, 5) is 23.9. The van der Waals surface area contributed by atoms with Crippen LogP contribution in [0.15, 0.2) is 42.5 Å². The monoisotopic (exact) mass is 312 g/mol. The number of benzene rings is 2. The van der Waals surface area contributed by atoms with E-state index in [0.717, 1.165) is 5.75 Å². The van der Waals surface area contributed by atoms with Gasteiger partial charge < -0.3 is 20.1 Å². The van der Waals surface area contributed by atoms with Crippen LogP contribution in [0.25, 0.3) is 0 Å². The molecule has 118 valence electrons. The number of rotatable bonds is 4. The van der Waals surface area contributed by atoms with E-state index >= 15 is 0 Å². The third kappa shape index (κ3) is 3.26. The minimum atomic E-state index is -0.322. The highest BCUT2D eigenvalue weighted by atomic mass is 16.5. The second-order valence-corrected chi connectivity index (χ2v) is 4.93. The number of nitrogens with one attached hydrogen (secondary N) is 2. The van der Waals surface area contributed by atoms with E-state index in [9.17, 15) is 9.59 Å². The molecular weight excluding hydrogens is 296 g/mol. The van der Waals surface area contributed by atoms with Gasteiger partial charge in [0.25, 0.3) is 11.8 Å². The Balaban J connectivity index is 1.80. The third-order valence-corrected chi connectivity index (χ3v) is 3.32. The van der Waals surface area contributed by atoms with Crippen molar-refractivity contribution in [3.63, 3.8) is 0 Å². The molecule has 1 heterocycles. The molecule has 23 heavy (non-hydrogen) atoms. The predicted octanol–water partition coefficient (Wildman–Crippen LogP) is 2.67. The first kappa shape index (κ1) is 14.9. The van der Waals surface area contributed by atoms with Crippen LogP contribution in [0, 0.1) is 0 Å². The van der Waals surface area contributed by atoms with Crippen molar-refractivity contribution in [2.45, 2.75) is 6.92 Å². The zero-order chi connectivity index (χ0) is 16.2. The maximum atomic E-state index is 12.5. The normalized spacial score (nSPS) is 12.7. The molecule has 0 unspecified atom stereocenters. The zero-order valence-electron chi connectivity index (χ0n) is 12.6. The van der Waals surface area contributed by atoms with Crippen LogP contribution in [0.1, 0.15) is 17.3 Å². The first-order valence-corrected chi connectivity index (χ1v) is 7.27. The minimum absolute atomic E-state index is 0.0447. The standard InChI is InChI=1S/C17H16N2O4/c1-2-22-12-8-6-11(7-9-12)18-17(21)13-4-3-5-14-16(13)19-15(20)10-23-14/h3-9H,2,10H2,1H3,(H,18,21)(H,19,20). The Kier molecular flexibility index (Phi) is 4.14. The van der Waals surface area contributed by atoms with Crippen molar-refractivity contribution in [3.8, 4) is 11.5 Å². The van der Waals surface area contributed by atoms with E-state index in [1.807, 2.05) is 6.92 Å². The van der Waals surface area contributed by atoms with Gasteiger partial charge in [-0.3, -0.25) is 9.59 Å². The summed E-state index contributed by atoms with van der Waals surface area (Å²) in [5.41, 5.74) is 1.38. The number of fused-ring (bicyclic) bond motifs is 1. The second kappa shape index (κ2) is 6.39. The van der Waals surface area contributed by atoms with Gasteiger partial charge in [0.05, 0.1) is 17.9 Å². The average Bonchev–Trinajstić information content (AvgIpc) is 2.56. The fourth-order valence-corrected chi connectivity index (χ4v) is 2.29. The lowest BCUT2D eigenvalue weighted by Crippen LogP contribution is -2.27. The molecule has 6 heteroatoms. The molecule has 2 aromatic rings. The average molecular weight is 312 g/mol. The van der Waals surface area contributed by atoms with Crippen molar-refractivity contribution in [2.75, 3.05) is 23.8 Å². The maximum absolute atomic E-state index is 12.5. The molecule has 0 saturated carbocycles. The molecule has 1 aliphatic rings. The van der Waals surface area contributed by atoms with Gasteiger partial charge >= 0.3 is 0 Å². The number of carbonyl (C=O) groups is 2. The first-order valence-electron chi connectivity index (χ1n) is 7.27. The molecule has 2 amide bonds. The summed E-state index contributed by atoms with van der Waals surface area (Å²) in [6.45, 7) is 2.45. The number of hydrogen-bond acceptors (Lipinski definition) is 4. The highest BCUT2D eigenvalue weighted by molar-refractivity contribution is 6.11. The van der Waals surface area contributed by atoms with Gasteiger partial charge in [-0.15, -0.1) is 0 Å². The van der Waals surface area contributed by atoms with Crippen LogP contribution in [0.5, 0.6) is 11.5 Å². The van der Waals surface area contributed by atoms with Crippen LogP contribution in [-0.2, 0) is 4.79 Å². The van der Waals surface area contributed by atoms with Gasteiger partial charge in [0, 0.05) is 5.69 Å². The number of anilines is 2. The Hall–Kier alpha value is -3.02. The van der Waals surface area contributed by atoms with Crippen LogP contribution in [-0.4, -0.2) is 25.0 Å². The lowest BCUT2D eigenvalue weighted by molar-refractivity contribution is -0.118. The fourth-order valence-electron chi connectivity index (χ4n) is 2.29. The lowest BCUT2D eigenvalue weighted by atomic mass is 10.1. The molecule has 0 aliphatic carbocycles. The Bertz CT molecular complexity index is 741. The van der Waals surface area contributed by atoms with Crippen molar-refractivity contribution in [2.24, 2.45) is 0 Å². The molecule has 2 N–H and O–H groups in total. The minimum Gasteiger partial charge on any atom is -0.494 e. The number of hydrogen-bond donors (Lipinski definition) is 2. The molecule has 0 atom stereocenters.